The summed E-state index contributed by atoms with van der Waals surface area (Å²) in [5, 5.41) is 2.88. The Morgan fingerprint density at radius 1 is 1.28 bits per heavy atom. The third-order valence-corrected chi connectivity index (χ3v) is 4.23. The Kier molecular flexibility index (Phi) is 4.83. The summed E-state index contributed by atoms with van der Waals surface area (Å²) in [5.41, 5.74) is 6.28. The van der Waals surface area contributed by atoms with E-state index in [-0.39, 0.29) is 12.1 Å². The van der Waals surface area contributed by atoms with Gasteiger partial charge in [-0.15, -0.1) is 0 Å². The SMILES string of the molecule is COC(=O)NC1CCN(C2CCCCCC2N)C1. The van der Waals surface area contributed by atoms with E-state index in [1.165, 1.54) is 32.8 Å². The molecule has 1 saturated heterocycles. The molecule has 1 aliphatic heterocycles. The lowest BCUT2D eigenvalue weighted by Gasteiger charge is -2.31. The molecule has 0 spiro atoms. The summed E-state index contributed by atoms with van der Waals surface area (Å²) in [4.78, 5) is 13.6. The Hall–Kier alpha value is -0.810. The van der Waals surface area contributed by atoms with Gasteiger partial charge in [0.25, 0.3) is 0 Å². The summed E-state index contributed by atoms with van der Waals surface area (Å²) in [6.07, 6.45) is 6.86. The first-order valence-corrected chi connectivity index (χ1v) is 7.05. The molecule has 2 rings (SSSR count). The smallest absolute Gasteiger partial charge is 0.407 e. The number of likely N-dealkylation sites (tertiary alicyclic amines) is 1. The van der Waals surface area contributed by atoms with E-state index in [0.717, 1.165) is 25.9 Å². The molecule has 2 fully saturated rings. The van der Waals surface area contributed by atoms with E-state index in [1.807, 2.05) is 0 Å². The molecule has 0 bridgehead atoms. The summed E-state index contributed by atoms with van der Waals surface area (Å²) >= 11 is 0. The molecule has 5 heteroatoms. The topological polar surface area (TPSA) is 67.6 Å². The number of nitrogens with two attached hydrogens (primary N) is 1. The number of nitrogens with zero attached hydrogens (tertiary/aromatic N) is 1. The van der Waals surface area contributed by atoms with Gasteiger partial charge in [-0.3, -0.25) is 4.90 Å². The van der Waals surface area contributed by atoms with E-state index in [4.69, 9.17) is 5.73 Å². The highest BCUT2D eigenvalue weighted by molar-refractivity contribution is 5.67. The van der Waals surface area contributed by atoms with Crippen LogP contribution in [0, 0.1) is 0 Å². The van der Waals surface area contributed by atoms with Crippen molar-refractivity contribution in [3.63, 3.8) is 0 Å². The number of carbonyl (C=O) groups excluding carboxylic acids is 1. The van der Waals surface area contributed by atoms with Crippen LogP contribution in [-0.4, -0.2) is 49.3 Å². The van der Waals surface area contributed by atoms with Crippen LogP contribution in [0.1, 0.15) is 38.5 Å². The van der Waals surface area contributed by atoms with Crippen molar-refractivity contribution in [3.05, 3.63) is 0 Å². The van der Waals surface area contributed by atoms with Gasteiger partial charge in [-0.25, -0.2) is 4.79 Å². The predicted molar refractivity (Wildman–Crippen MR) is 70.4 cm³/mol. The van der Waals surface area contributed by atoms with Crippen LogP contribution in [0.25, 0.3) is 0 Å². The summed E-state index contributed by atoms with van der Waals surface area (Å²) in [6.45, 7) is 1.94. The van der Waals surface area contributed by atoms with Crippen molar-refractivity contribution in [3.8, 4) is 0 Å². The molecule has 0 aromatic rings. The molecule has 1 aliphatic carbocycles. The zero-order valence-corrected chi connectivity index (χ0v) is 11.2. The largest absolute Gasteiger partial charge is 0.453 e. The first-order chi connectivity index (χ1) is 8.70. The summed E-state index contributed by atoms with van der Waals surface area (Å²) in [5.74, 6) is 0. The third kappa shape index (κ3) is 3.36. The predicted octanol–water partition coefficient (Wildman–Crippen LogP) is 1.08. The molecule has 2 aliphatic rings. The molecule has 3 unspecified atom stereocenters. The molecule has 104 valence electrons. The quantitative estimate of drug-likeness (QED) is 0.724. The van der Waals surface area contributed by atoms with Crippen molar-refractivity contribution in [2.45, 2.75) is 56.7 Å². The number of carbonyl (C=O) groups is 1. The molecule has 3 atom stereocenters. The van der Waals surface area contributed by atoms with Gasteiger partial charge in [0.2, 0.25) is 0 Å². The van der Waals surface area contributed by atoms with Gasteiger partial charge in [0.1, 0.15) is 0 Å². The fourth-order valence-electron chi connectivity index (χ4n) is 3.20. The number of hydrogen-bond acceptors (Lipinski definition) is 4. The molecule has 5 nitrogen and oxygen atoms in total. The van der Waals surface area contributed by atoms with Gasteiger partial charge in [-0.05, 0) is 19.3 Å². The number of ether oxygens (including phenoxy) is 1. The minimum atomic E-state index is -0.327. The molecular weight excluding hydrogens is 230 g/mol. The van der Waals surface area contributed by atoms with Crippen LogP contribution in [0.3, 0.4) is 0 Å². The second kappa shape index (κ2) is 6.38. The molecule has 1 saturated carbocycles. The maximum Gasteiger partial charge on any atom is 0.407 e. The van der Waals surface area contributed by atoms with Crippen molar-refractivity contribution >= 4 is 6.09 Å². The molecule has 3 N–H and O–H groups in total. The van der Waals surface area contributed by atoms with E-state index < -0.39 is 0 Å². The molecule has 0 radical (unpaired) electrons. The highest BCUT2D eigenvalue weighted by atomic mass is 16.5. The summed E-state index contributed by atoms with van der Waals surface area (Å²) in [7, 11) is 1.41. The van der Waals surface area contributed by atoms with Crippen LogP contribution in [0.4, 0.5) is 4.79 Å². The average Bonchev–Trinajstić information content (AvgIpc) is 2.70. The number of hydrogen-bond donors (Lipinski definition) is 2. The fraction of sp³-hybridized carbons (Fsp3) is 0.923. The van der Waals surface area contributed by atoms with Crippen LogP contribution in [0.5, 0.6) is 0 Å². The average molecular weight is 255 g/mol. The summed E-state index contributed by atoms with van der Waals surface area (Å²) in [6, 6.07) is 1.01. The lowest BCUT2D eigenvalue weighted by atomic mass is 10.0. The lowest BCUT2D eigenvalue weighted by Crippen LogP contribution is -2.47. The van der Waals surface area contributed by atoms with Gasteiger partial charge < -0.3 is 15.8 Å². The highest BCUT2D eigenvalue weighted by Crippen LogP contribution is 2.24. The minimum absolute atomic E-state index is 0.216. The number of nitrogens with one attached hydrogen (secondary N) is 1. The minimum Gasteiger partial charge on any atom is -0.453 e. The number of methoxy groups -OCH3 is 1. The molecule has 0 aromatic carbocycles. The maximum absolute atomic E-state index is 11.2. The molecule has 1 amide bonds. The monoisotopic (exact) mass is 255 g/mol. The van der Waals surface area contributed by atoms with Gasteiger partial charge in [-0.1, -0.05) is 19.3 Å². The van der Waals surface area contributed by atoms with Crippen LogP contribution in [-0.2, 0) is 4.74 Å². The number of alkyl carbamates (subject to hydrolysis) is 1. The Balaban J connectivity index is 1.85. The first-order valence-electron chi connectivity index (χ1n) is 7.05. The van der Waals surface area contributed by atoms with Crippen LogP contribution >= 0.6 is 0 Å². The van der Waals surface area contributed by atoms with Gasteiger partial charge >= 0.3 is 6.09 Å². The van der Waals surface area contributed by atoms with Gasteiger partial charge in [-0.2, -0.15) is 0 Å². The van der Waals surface area contributed by atoms with Crippen LogP contribution < -0.4 is 11.1 Å². The molecule has 1 heterocycles. The van der Waals surface area contributed by atoms with Gasteiger partial charge in [0.05, 0.1) is 7.11 Å². The zero-order chi connectivity index (χ0) is 13.0. The van der Waals surface area contributed by atoms with Crippen LogP contribution in [0.2, 0.25) is 0 Å². The third-order valence-electron chi connectivity index (χ3n) is 4.23. The van der Waals surface area contributed by atoms with Crippen molar-refractivity contribution in [1.82, 2.24) is 10.2 Å². The van der Waals surface area contributed by atoms with Crippen molar-refractivity contribution in [1.29, 1.82) is 0 Å². The van der Waals surface area contributed by atoms with Gasteiger partial charge in [0.15, 0.2) is 0 Å². The Morgan fingerprint density at radius 3 is 2.83 bits per heavy atom. The standard InChI is InChI=1S/C13H25N3O2/c1-18-13(17)15-10-7-8-16(9-10)12-6-4-2-3-5-11(12)14/h10-12H,2-9,14H2,1H3,(H,15,17). The van der Waals surface area contributed by atoms with E-state index in [0.29, 0.717) is 12.1 Å². The van der Waals surface area contributed by atoms with E-state index in [9.17, 15) is 4.79 Å². The Bertz CT molecular complexity index is 285. The van der Waals surface area contributed by atoms with Gasteiger partial charge in [0, 0.05) is 31.2 Å². The Morgan fingerprint density at radius 2 is 2.06 bits per heavy atom. The normalized spacial score (nSPS) is 34.0. The second-order valence-corrected chi connectivity index (χ2v) is 5.49. The van der Waals surface area contributed by atoms with Crippen LogP contribution in [0.15, 0.2) is 0 Å². The second-order valence-electron chi connectivity index (χ2n) is 5.49. The molecular formula is C13H25N3O2. The fourth-order valence-corrected chi connectivity index (χ4v) is 3.20. The molecule has 0 aromatic heterocycles. The van der Waals surface area contributed by atoms with Crippen molar-refractivity contribution in [2.75, 3.05) is 20.2 Å². The Labute approximate surface area is 109 Å². The zero-order valence-electron chi connectivity index (χ0n) is 11.2. The molecule has 18 heavy (non-hydrogen) atoms. The first kappa shape index (κ1) is 13.6. The van der Waals surface area contributed by atoms with E-state index in [2.05, 4.69) is 15.0 Å². The summed E-state index contributed by atoms with van der Waals surface area (Å²) < 4.78 is 4.64. The van der Waals surface area contributed by atoms with E-state index in [1.54, 1.807) is 0 Å². The maximum atomic E-state index is 11.2. The lowest BCUT2D eigenvalue weighted by molar-refractivity contribution is 0.163. The number of amides is 1. The van der Waals surface area contributed by atoms with E-state index >= 15 is 0 Å². The number of rotatable bonds is 2. The highest BCUT2D eigenvalue weighted by Gasteiger charge is 2.32. The van der Waals surface area contributed by atoms with Crippen molar-refractivity contribution < 1.29 is 9.53 Å². The van der Waals surface area contributed by atoms with Crippen molar-refractivity contribution in [2.24, 2.45) is 5.73 Å².